The number of aromatic hydroxyl groups is 1. The second-order valence-corrected chi connectivity index (χ2v) is 5.60. The number of benzene rings is 1. The van der Waals surface area contributed by atoms with Crippen molar-refractivity contribution in [1.82, 2.24) is 4.98 Å². The highest BCUT2D eigenvalue weighted by Gasteiger charge is 2.32. The number of aromatic amines is 1. The smallest absolute Gasteiger partial charge is 0.313 e. The van der Waals surface area contributed by atoms with E-state index in [1.54, 1.807) is 0 Å². The van der Waals surface area contributed by atoms with Gasteiger partial charge in [0.15, 0.2) is 5.02 Å². The highest BCUT2D eigenvalue weighted by Crippen LogP contribution is 2.43. The first kappa shape index (κ1) is 16.2. The van der Waals surface area contributed by atoms with E-state index >= 15 is 0 Å². The molecule has 0 aliphatic heterocycles. The molecular weight excluding hydrogens is 366 g/mol. The van der Waals surface area contributed by atoms with Crippen molar-refractivity contribution in [3.05, 3.63) is 53.7 Å². The molecule has 1 unspecified atom stereocenters. The maximum atomic E-state index is 11.0. The zero-order valence-electron chi connectivity index (χ0n) is 9.90. The average Bonchev–Trinajstić information content (AvgIpc) is 2.69. The molecule has 0 spiro atoms. The molecule has 2 rings (SSSR count). The van der Waals surface area contributed by atoms with Crippen LogP contribution in [-0.4, -0.2) is 20.1 Å². The standard InChI is InChI=1S/C11H6Cl4N2O4/c12-3-1-4(9(18)5(13)2-3)10(19)7-8(17(20)21)6(14)11(15)16-7/h1-2,10,16,18-19H. The summed E-state index contributed by atoms with van der Waals surface area (Å²) in [4.78, 5) is 12.6. The van der Waals surface area contributed by atoms with Crippen molar-refractivity contribution in [2.24, 2.45) is 0 Å². The Kier molecular flexibility index (Phi) is 4.55. The fourth-order valence-corrected chi connectivity index (χ4v) is 2.70. The first-order chi connectivity index (χ1) is 9.73. The maximum Gasteiger partial charge on any atom is 0.313 e. The minimum atomic E-state index is -1.62. The van der Waals surface area contributed by atoms with Gasteiger partial charge in [-0.05, 0) is 12.1 Å². The normalized spacial score (nSPS) is 12.4. The summed E-state index contributed by atoms with van der Waals surface area (Å²) in [5.41, 5.74) is -1.00. The van der Waals surface area contributed by atoms with Crippen molar-refractivity contribution in [1.29, 1.82) is 0 Å². The van der Waals surface area contributed by atoms with Gasteiger partial charge >= 0.3 is 5.69 Å². The van der Waals surface area contributed by atoms with E-state index in [0.717, 1.165) is 0 Å². The number of phenolic OH excluding ortho intramolecular Hbond substituents is 1. The fraction of sp³-hybridized carbons (Fsp3) is 0.0909. The molecule has 3 N–H and O–H groups in total. The number of halogens is 4. The lowest BCUT2D eigenvalue weighted by Crippen LogP contribution is -2.04. The lowest BCUT2D eigenvalue weighted by Gasteiger charge is -2.12. The van der Waals surface area contributed by atoms with Gasteiger partial charge in [-0.25, -0.2) is 0 Å². The van der Waals surface area contributed by atoms with Gasteiger partial charge in [-0.1, -0.05) is 46.4 Å². The highest BCUT2D eigenvalue weighted by atomic mass is 35.5. The van der Waals surface area contributed by atoms with Crippen LogP contribution in [0.25, 0.3) is 0 Å². The maximum absolute atomic E-state index is 11.0. The van der Waals surface area contributed by atoms with E-state index in [0.29, 0.717) is 0 Å². The number of nitrogens with one attached hydrogen (secondary N) is 1. The van der Waals surface area contributed by atoms with Crippen LogP contribution in [0.1, 0.15) is 17.4 Å². The third kappa shape index (κ3) is 2.90. The van der Waals surface area contributed by atoms with Gasteiger partial charge in [-0.15, -0.1) is 0 Å². The molecule has 0 saturated carbocycles. The van der Waals surface area contributed by atoms with Gasteiger partial charge < -0.3 is 15.2 Å². The van der Waals surface area contributed by atoms with E-state index in [2.05, 4.69) is 4.98 Å². The van der Waals surface area contributed by atoms with Gasteiger partial charge in [0.05, 0.1) is 9.95 Å². The predicted molar refractivity (Wildman–Crippen MR) is 79.7 cm³/mol. The van der Waals surface area contributed by atoms with Crippen LogP contribution in [0, 0.1) is 10.1 Å². The first-order valence-corrected chi connectivity index (χ1v) is 6.82. The Morgan fingerprint density at radius 2 is 1.86 bits per heavy atom. The van der Waals surface area contributed by atoms with E-state index in [4.69, 9.17) is 46.4 Å². The Hall–Kier alpha value is -1.18. The lowest BCUT2D eigenvalue weighted by molar-refractivity contribution is -0.385. The SMILES string of the molecule is O=[N+]([O-])c1c(C(O)c2cc(Cl)cc(Cl)c2O)[nH]c(Cl)c1Cl. The van der Waals surface area contributed by atoms with Crippen LogP contribution in [0.3, 0.4) is 0 Å². The average molecular weight is 372 g/mol. The molecule has 21 heavy (non-hydrogen) atoms. The third-order valence-electron chi connectivity index (χ3n) is 2.71. The molecule has 0 aliphatic rings. The Labute approximate surface area is 138 Å². The van der Waals surface area contributed by atoms with Gasteiger partial charge in [0.2, 0.25) is 0 Å². The number of nitrogens with zero attached hydrogens (tertiary/aromatic N) is 1. The number of H-pyrrole nitrogens is 1. The molecule has 1 atom stereocenters. The summed E-state index contributed by atoms with van der Waals surface area (Å²) in [6.07, 6.45) is -1.62. The first-order valence-electron chi connectivity index (χ1n) is 5.31. The molecule has 1 aromatic heterocycles. The Balaban J connectivity index is 2.63. The van der Waals surface area contributed by atoms with Crippen LogP contribution in [0.4, 0.5) is 5.69 Å². The quantitative estimate of drug-likeness (QED) is 0.552. The number of aromatic nitrogens is 1. The van der Waals surface area contributed by atoms with Crippen molar-refractivity contribution in [2.45, 2.75) is 6.10 Å². The largest absolute Gasteiger partial charge is 0.506 e. The molecule has 10 heteroatoms. The minimum absolute atomic E-state index is 0.108. The number of nitro groups is 1. The van der Waals surface area contributed by atoms with Gasteiger partial charge in [0.25, 0.3) is 0 Å². The topological polar surface area (TPSA) is 99.4 Å². The number of phenols is 1. The van der Waals surface area contributed by atoms with Crippen LogP contribution in [0.15, 0.2) is 12.1 Å². The summed E-state index contributed by atoms with van der Waals surface area (Å²) >= 11 is 22.9. The monoisotopic (exact) mass is 370 g/mol. The van der Waals surface area contributed by atoms with E-state index in [9.17, 15) is 20.3 Å². The predicted octanol–water partition coefficient (Wildman–Crippen LogP) is 4.32. The van der Waals surface area contributed by atoms with Crippen LogP contribution in [0.5, 0.6) is 5.75 Å². The number of aliphatic hydroxyl groups excluding tert-OH is 1. The second-order valence-electron chi connectivity index (χ2n) is 4.00. The molecule has 0 aliphatic carbocycles. The van der Waals surface area contributed by atoms with Crippen molar-refractivity contribution in [2.75, 3.05) is 0 Å². The second kappa shape index (κ2) is 5.90. The lowest BCUT2D eigenvalue weighted by atomic mass is 10.0. The summed E-state index contributed by atoms with van der Waals surface area (Å²) in [6, 6.07) is 2.48. The van der Waals surface area contributed by atoms with Crippen LogP contribution >= 0.6 is 46.4 Å². The minimum Gasteiger partial charge on any atom is -0.506 e. The van der Waals surface area contributed by atoms with Crippen molar-refractivity contribution >= 4 is 52.1 Å². The van der Waals surface area contributed by atoms with Crippen molar-refractivity contribution < 1.29 is 15.1 Å². The summed E-state index contributed by atoms with van der Waals surface area (Å²) < 4.78 is 0. The molecule has 2 aromatic rings. The van der Waals surface area contributed by atoms with E-state index < -0.39 is 22.5 Å². The van der Waals surface area contributed by atoms with Crippen molar-refractivity contribution in [3.8, 4) is 5.75 Å². The molecule has 0 radical (unpaired) electrons. The molecule has 0 amide bonds. The number of hydrogen-bond donors (Lipinski definition) is 3. The van der Waals surface area contributed by atoms with E-state index in [-0.39, 0.29) is 31.5 Å². The van der Waals surface area contributed by atoms with E-state index in [1.807, 2.05) is 0 Å². The number of hydrogen-bond acceptors (Lipinski definition) is 4. The Morgan fingerprint density at radius 3 is 2.43 bits per heavy atom. The van der Waals surface area contributed by atoms with Crippen molar-refractivity contribution in [3.63, 3.8) is 0 Å². The number of rotatable bonds is 3. The number of aliphatic hydroxyl groups is 1. The van der Waals surface area contributed by atoms with Gasteiger partial charge in [0, 0.05) is 10.6 Å². The summed E-state index contributed by atoms with van der Waals surface area (Å²) in [6.45, 7) is 0. The van der Waals surface area contributed by atoms with Crippen LogP contribution in [0.2, 0.25) is 20.2 Å². The zero-order valence-corrected chi connectivity index (χ0v) is 12.9. The molecule has 1 aromatic carbocycles. The molecule has 112 valence electrons. The molecular formula is C11H6Cl4N2O4. The van der Waals surface area contributed by atoms with Crippen LogP contribution < -0.4 is 0 Å². The van der Waals surface area contributed by atoms with Crippen LogP contribution in [-0.2, 0) is 0 Å². The van der Waals surface area contributed by atoms with Gasteiger partial charge in [-0.2, -0.15) is 0 Å². The summed E-state index contributed by atoms with van der Waals surface area (Å²) in [5.74, 6) is -0.454. The Morgan fingerprint density at radius 1 is 1.24 bits per heavy atom. The molecule has 1 heterocycles. The van der Waals surface area contributed by atoms with E-state index in [1.165, 1.54) is 12.1 Å². The van der Waals surface area contributed by atoms with Gasteiger partial charge in [-0.3, -0.25) is 10.1 Å². The Bertz CT molecular complexity index is 731. The third-order valence-corrected chi connectivity index (χ3v) is 3.96. The molecule has 0 bridgehead atoms. The molecule has 0 fully saturated rings. The zero-order chi connectivity index (χ0) is 15.9. The fourth-order valence-electron chi connectivity index (χ4n) is 1.78. The highest BCUT2D eigenvalue weighted by molar-refractivity contribution is 6.43. The summed E-state index contributed by atoms with van der Waals surface area (Å²) in [5, 5.41) is 30.6. The molecule has 0 saturated heterocycles. The molecule has 6 nitrogen and oxygen atoms in total. The van der Waals surface area contributed by atoms with Gasteiger partial charge in [0.1, 0.15) is 22.7 Å². The summed E-state index contributed by atoms with van der Waals surface area (Å²) in [7, 11) is 0.